The van der Waals surface area contributed by atoms with E-state index >= 15 is 0 Å². The number of carbonyl (C=O) groups excluding carboxylic acids is 1. The molecule has 0 radical (unpaired) electrons. The summed E-state index contributed by atoms with van der Waals surface area (Å²) in [4.78, 5) is 17.9. The van der Waals surface area contributed by atoms with Gasteiger partial charge >= 0.3 is 0 Å². The average molecular weight is 429 g/mol. The van der Waals surface area contributed by atoms with Crippen LogP contribution in [0.25, 0.3) is 0 Å². The van der Waals surface area contributed by atoms with Gasteiger partial charge in [-0.25, -0.2) is 0 Å². The van der Waals surface area contributed by atoms with Crippen LogP contribution >= 0.6 is 0 Å². The van der Waals surface area contributed by atoms with E-state index in [9.17, 15) is 4.79 Å². The first kappa shape index (κ1) is 20.6. The summed E-state index contributed by atoms with van der Waals surface area (Å²) < 4.78 is 11.9. The molecule has 3 aromatic carbocycles. The molecule has 2 heterocycles. The van der Waals surface area contributed by atoms with Crippen molar-refractivity contribution in [3.05, 3.63) is 89.5 Å². The molecule has 1 atom stereocenters. The SMILES string of the molecule is CCOc1cccc2c1CN(CC(=O)N1c3ccccc3OCC1c1ccccc1)CC2. The molecule has 0 bridgehead atoms. The first-order valence-corrected chi connectivity index (χ1v) is 11.3. The summed E-state index contributed by atoms with van der Waals surface area (Å²) >= 11 is 0. The average Bonchev–Trinajstić information content (AvgIpc) is 2.84. The number of anilines is 1. The second kappa shape index (κ2) is 9.05. The van der Waals surface area contributed by atoms with E-state index in [1.807, 2.05) is 60.4 Å². The Morgan fingerprint density at radius 1 is 1.03 bits per heavy atom. The minimum atomic E-state index is -0.144. The molecule has 0 spiro atoms. The number of hydrogen-bond acceptors (Lipinski definition) is 4. The molecule has 0 fully saturated rings. The van der Waals surface area contributed by atoms with Crippen LogP contribution in [0.15, 0.2) is 72.8 Å². The van der Waals surface area contributed by atoms with E-state index in [4.69, 9.17) is 9.47 Å². The molecule has 0 aromatic heterocycles. The van der Waals surface area contributed by atoms with Crippen LogP contribution in [0.4, 0.5) is 5.69 Å². The Kier molecular flexibility index (Phi) is 5.82. The van der Waals surface area contributed by atoms with Gasteiger partial charge in [-0.15, -0.1) is 0 Å². The fraction of sp³-hybridized carbons (Fsp3) is 0.296. The predicted molar refractivity (Wildman–Crippen MR) is 125 cm³/mol. The van der Waals surface area contributed by atoms with Crippen LogP contribution in [0.3, 0.4) is 0 Å². The summed E-state index contributed by atoms with van der Waals surface area (Å²) in [5, 5.41) is 0. The van der Waals surface area contributed by atoms with Gasteiger partial charge in [0, 0.05) is 18.7 Å². The largest absolute Gasteiger partial charge is 0.494 e. The summed E-state index contributed by atoms with van der Waals surface area (Å²) in [7, 11) is 0. The van der Waals surface area contributed by atoms with E-state index in [0.717, 1.165) is 42.3 Å². The molecule has 32 heavy (non-hydrogen) atoms. The highest BCUT2D eigenvalue weighted by Crippen LogP contribution is 2.39. The van der Waals surface area contributed by atoms with E-state index in [1.54, 1.807) is 0 Å². The summed E-state index contributed by atoms with van der Waals surface area (Å²) in [5.41, 5.74) is 4.44. The van der Waals surface area contributed by atoms with Gasteiger partial charge in [0.15, 0.2) is 0 Å². The van der Waals surface area contributed by atoms with Gasteiger partial charge < -0.3 is 9.47 Å². The first-order chi connectivity index (χ1) is 15.7. The van der Waals surface area contributed by atoms with Crippen LogP contribution in [0.2, 0.25) is 0 Å². The highest BCUT2D eigenvalue weighted by Gasteiger charge is 2.34. The number of carbonyl (C=O) groups is 1. The minimum Gasteiger partial charge on any atom is -0.494 e. The summed E-state index contributed by atoms with van der Waals surface area (Å²) in [6, 6.07) is 24.1. The molecular weight excluding hydrogens is 400 g/mol. The highest BCUT2D eigenvalue weighted by atomic mass is 16.5. The lowest BCUT2D eigenvalue weighted by Crippen LogP contribution is -2.47. The molecule has 0 saturated heterocycles. The van der Waals surface area contributed by atoms with E-state index < -0.39 is 0 Å². The van der Waals surface area contributed by atoms with Crippen molar-refractivity contribution in [3.8, 4) is 11.5 Å². The van der Waals surface area contributed by atoms with E-state index in [1.165, 1.54) is 11.1 Å². The number of rotatable bonds is 5. The van der Waals surface area contributed by atoms with E-state index in [2.05, 4.69) is 29.2 Å². The molecule has 1 unspecified atom stereocenters. The zero-order valence-corrected chi connectivity index (χ0v) is 18.4. The lowest BCUT2D eigenvalue weighted by atomic mass is 9.98. The molecule has 0 N–H and O–H groups in total. The van der Waals surface area contributed by atoms with Gasteiger partial charge in [0.25, 0.3) is 0 Å². The van der Waals surface area contributed by atoms with E-state index in [0.29, 0.717) is 19.8 Å². The number of hydrogen-bond donors (Lipinski definition) is 0. The fourth-order valence-corrected chi connectivity index (χ4v) is 4.72. The molecule has 164 valence electrons. The van der Waals surface area contributed by atoms with Gasteiger partial charge in [-0.2, -0.15) is 0 Å². The number of para-hydroxylation sites is 2. The maximum atomic E-state index is 13.7. The standard InChI is InChI=1S/C27H28N2O3/c1-2-31-25-14-8-11-20-15-16-28(17-22(20)25)18-27(30)29-23-12-6-7-13-26(23)32-19-24(29)21-9-4-3-5-10-21/h3-14,24H,2,15-19H2,1H3. The number of nitrogens with zero attached hydrogens (tertiary/aromatic N) is 2. The smallest absolute Gasteiger partial charge is 0.241 e. The molecule has 2 aliphatic heterocycles. The maximum absolute atomic E-state index is 13.7. The minimum absolute atomic E-state index is 0.0898. The van der Waals surface area contributed by atoms with Gasteiger partial charge in [-0.05, 0) is 42.7 Å². The molecule has 0 aliphatic carbocycles. The molecule has 3 aromatic rings. The van der Waals surface area contributed by atoms with Gasteiger partial charge in [0.2, 0.25) is 5.91 Å². The second-order valence-electron chi connectivity index (χ2n) is 8.26. The third-order valence-corrected chi connectivity index (χ3v) is 6.25. The van der Waals surface area contributed by atoms with Crippen molar-refractivity contribution in [2.75, 3.05) is 31.2 Å². The number of amides is 1. The second-order valence-corrected chi connectivity index (χ2v) is 8.26. The van der Waals surface area contributed by atoms with Crippen LogP contribution in [0.1, 0.15) is 29.7 Å². The van der Waals surface area contributed by atoms with Crippen molar-refractivity contribution < 1.29 is 14.3 Å². The fourth-order valence-electron chi connectivity index (χ4n) is 4.72. The zero-order chi connectivity index (χ0) is 21.9. The quantitative estimate of drug-likeness (QED) is 0.595. The van der Waals surface area contributed by atoms with Gasteiger partial charge in [0.05, 0.1) is 24.9 Å². The lowest BCUT2D eigenvalue weighted by molar-refractivity contribution is -0.120. The molecule has 5 nitrogen and oxygen atoms in total. The summed E-state index contributed by atoms with van der Waals surface area (Å²) in [6.07, 6.45) is 0.922. The molecular formula is C27H28N2O3. The van der Waals surface area contributed by atoms with Crippen LogP contribution in [-0.2, 0) is 17.8 Å². The normalized spacial score (nSPS) is 17.8. The van der Waals surface area contributed by atoms with Crippen molar-refractivity contribution >= 4 is 11.6 Å². The Hall–Kier alpha value is -3.31. The van der Waals surface area contributed by atoms with Crippen LogP contribution in [-0.4, -0.2) is 37.1 Å². The molecule has 0 saturated carbocycles. The topological polar surface area (TPSA) is 42.0 Å². The van der Waals surface area contributed by atoms with Crippen molar-refractivity contribution in [3.63, 3.8) is 0 Å². The van der Waals surface area contributed by atoms with Gasteiger partial charge in [0.1, 0.15) is 18.1 Å². The summed E-state index contributed by atoms with van der Waals surface area (Å²) in [6.45, 7) is 5.03. The molecule has 2 aliphatic rings. The Bertz CT molecular complexity index is 1100. The van der Waals surface area contributed by atoms with E-state index in [-0.39, 0.29) is 11.9 Å². The lowest BCUT2D eigenvalue weighted by Gasteiger charge is -2.39. The van der Waals surface area contributed by atoms with Gasteiger partial charge in [-0.3, -0.25) is 14.6 Å². The Morgan fingerprint density at radius 2 is 1.84 bits per heavy atom. The van der Waals surface area contributed by atoms with Gasteiger partial charge in [-0.1, -0.05) is 54.6 Å². The van der Waals surface area contributed by atoms with Crippen LogP contribution in [0, 0.1) is 0 Å². The molecule has 1 amide bonds. The highest BCUT2D eigenvalue weighted by molar-refractivity contribution is 5.97. The monoisotopic (exact) mass is 428 g/mol. The van der Waals surface area contributed by atoms with Crippen molar-refractivity contribution in [2.45, 2.75) is 25.9 Å². The zero-order valence-electron chi connectivity index (χ0n) is 18.4. The molecule has 5 heteroatoms. The number of ether oxygens (including phenoxy) is 2. The number of benzene rings is 3. The third-order valence-electron chi connectivity index (χ3n) is 6.25. The molecule has 5 rings (SSSR count). The number of fused-ring (bicyclic) bond motifs is 2. The Labute approximate surface area is 189 Å². The van der Waals surface area contributed by atoms with Crippen LogP contribution in [0.5, 0.6) is 11.5 Å². The maximum Gasteiger partial charge on any atom is 0.241 e. The van der Waals surface area contributed by atoms with Crippen molar-refractivity contribution in [1.29, 1.82) is 0 Å². The first-order valence-electron chi connectivity index (χ1n) is 11.3. The third kappa shape index (κ3) is 3.96. The predicted octanol–water partition coefficient (Wildman–Crippen LogP) is 4.61. The van der Waals surface area contributed by atoms with Crippen molar-refractivity contribution in [1.82, 2.24) is 4.90 Å². The van der Waals surface area contributed by atoms with Crippen molar-refractivity contribution in [2.24, 2.45) is 0 Å². The summed E-state index contributed by atoms with van der Waals surface area (Å²) in [5.74, 6) is 1.78. The Balaban J connectivity index is 1.41. The van der Waals surface area contributed by atoms with Crippen LogP contribution < -0.4 is 14.4 Å². The Morgan fingerprint density at radius 3 is 2.69 bits per heavy atom.